The van der Waals surface area contributed by atoms with Gasteiger partial charge in [0.1, 0.15) is 0 Å². The van der Waals surface area contributed by atoms with Gasteiger partial charge in [0.25, 0.3) is 0 Å². The number of methoxy groups -OCH3 is 1. The Morgan fingerprint density at radius 3 is 2.95 bits per heavy atom. The van der Waals surface area contributed by atoms with Gasteiger partial charge in [-0.25, -0.2) is 0 Å². The highest BCUT2D eigenvalue weighted by molar-refractivity contribution is 5.55. The minimum absolute atomic E-state index is 0.254. The van der Waals surface area contributed by atoms with Crippen LogP contribution in [-0.2, 0) is 6.54 Å². The molecule has 0 amide bonds. The first kappa shape index (κ1) is 14.0. The highest BCUT2D eigenvalue weighted by Crippen LogP contribution is 2.41. The molecule has 1 aliphatic heterocycles. The second-order valence-electron chi connectivity index (χ2n) is 4.49. The zero-order valence-corrected chi connectivity index (χ0v) is 11.3. The van der Waals surface area contributed by atoms with Crippen molar-refractivity contribution >= 4 is 0 Å². The number of benzene rings is 1. The Hall–Kier alpha value is -1.46. The van der Waals surface area contributed by atoms with Crippen molar-refractivity contribution in [1.82, 2.24) is 5.32 Å². The van der Waals surface area contributed by atoms with Crippen molar-refractivity contribution in [2.24, 2.45) is 0 Å². The summed E-state index contributed by atoms with van der Waals surface area (Å²) in [6.07, 6.45) is 3.00. The second-order valence-corrected chi connectivity index (χ2v) is 4.49. The summed E-state index contributed by atoms with van der Waals surface area (Å²) < 4.78 is 16.0. The number of unbranched alkanes of at least 4 members (excludes halogenated alkanes) is 2. The molecule has 0 saturated heterocycles. The van der Waals surface area contributed by atoms with Crippen molar-refractivity contribution in [2.75, 3.05) is 27.1 Å². The zero-order valence-electron chi connectivity index (χ0n) is 11.3. The van der Waals surface area contributed by atoms with Gasteiger partial charge in [-0.15, -0.1) is 0 Å². The van der Waals surface area contributed by atoms with E-state index in [4.69, 9.17) is 19.3 Å². The van der Waals surface area contributed by atoms with Gasteiger partial charge < -0.3 is 24.6 Å². The van der Waals surface area contributed by atoms with E-state index in [0.29, 0.717) is 11.5 Å². The van der Waals surface area contributed by atoms with E-state index >= 15 is 0 Å². The van der Waals surface area contributed by atoms with Gasteiger partial charge in [0.15, 0.2) is 11.5 Å². The predicted molar refractivity (Wildman–Crippen MR) is 71.8 cm³/mol. The number of fused-ring (bicyclic) bond motifs is 1. The van der Waals surface area contributed by atoms with E-state index in [-0.39, 0.29) is 13.4 Å². The number of rotatable bonds is 8. The van der Waals surface area contributed by atoms with Crippen molar-refractivity contribution in [1.29, 1.82) is 0 Å². The van der Waals surface area contributed by atoms with Crippen molar-refractivity contribution in [3.05, 3.63) is 17.7 Å². The summed E-state index contributed by atoms with van der Waals surface area (Å²) in [5, 5.41) is 12.1. The Morgan fingerprint density at radius 1 is 1.26 bits per heavy atom. The Morgan fingerprint density at radius 2 is 2.16 bits per heavy atom. The van der Waals surface area contributed by atoms with Crippen LogP contribution in [0.25, 0.3) is 0 Å². The van der Waals surface area contributed by atoms with Gasteiger partial charge in [-0.1, -0.05) is 0 Å². The number of ether oxygens (including phenoxy) is 3. The van der Waals surface area contributed by atoms with Crippen LogP contribution in [-0.4, -0.2) is 32.2 Å². The standard InChI is InChI=1S/C14H21NO4/c1-17-12-7-11(8-13-14(12)19-10-18-13)9-15-5-3-2-4-6-16/h7-8,15-16H,2-6,9-10H2,1H3. The lowest BCUT2D eigenvalue weighted by atomic mass is 10.1. The molecule has 1 heterocycles. The van der Waals surface area contributed by atoms with Gasteiger partial charge in [0, 0.05) is 13.2 Å². The van der Waals surface area contributed by atoms with Crippen LogP contribution in [0.2, 0.25) is 0 Å². The van der Waals surface area contributed by atoms with E-state index in [1.54, 1.807) is 7.11 Å². The minimum Gasteiger partial charge on any atom is -0.493 e. The molecule has 0 atom stereocenters. The first-order chi connectivity index (χ1) is 9.35. The molecular weight excluding hydrogens is 246 g/mol. The molecule has 5 nitrogen and oxygen atoms in total. The molecule has 0 unspecified atom stereocenters. The third kappa shape index (κ3) is 3.75. The van der Waals surface area contributed by atoms with Crippen LogP contribution in [0.1, 0.15) is 24.8 Å². The molecule has 0 radical (unpaired) electrons. The van der Waals surface area contributed by atoms with E-state index in [1.807, 2.05) is 12.1 Å². The largest absolute Gasteiger partial charge is 0.493 e. The van der Waals surface area contributed by atoms with E-state index < -0.39 is 0 Å². The summed E-state index contributed by atoms with van der Waals surface area (Å²) in [4.78, 5) is 0. The monoisotopic (exact) mass is 267 g/mol. The summed E-state index contributed by atoms with van der Waals surface area (Å²) in [5.41, 5.74) is 1.11. The Bertz CT molecular complexity index is 409. The number of aliphatic hydroxyl groups excluding tert-OH is 1. The van der Waals surface area contributed by atoms with Crippen molar-refractivity contribution < 1.29 is 19.3 Å². The van der Waals surface area contributed by atoms with Crippen LogP contribution in [0, 0.1) is 0 Å². The topological polar surface area (TPSA) is 60.0 Å². The summed E-state index contributed by atoms with van der Waals surface area (Å²) >= 11 is 0. The lowest BCUT2D eigenvalue weighted by Crippen LogP contribution is -2.14. The summed E-state index contributed by atoms with van der Waals surface area (Å²) in [7, 11) is 1.63. The molecule has 106 valence electrons. The van der Waals surface area contributed by atoms with Gasteiger partial charge >= 0.3 is 0 Å². The second kappa shape index (κ2) is 7.21. The molecule has 0 aromatic heterocycles. The molecule has 2 N–H and O–H groups in total. The maximum Gasteiger partial charge on any atom is 0.231 e. The van der Waals surface area contributed by atoms with Crippen LogP contribution in [0.15, 0.2) is 12.1 Å². The maximum atomic E-state index is 8.69. The van der Waals surface area contributed by atoms with E-state index in [2.05, 4.69) is 5.32 Å². The van der Waals surface area contributed by atoms with Crippen molar-refractivity contribution in [2.45, 2.75) is 25.8 Å². The van der Waals surface area contributed by atoms with Crippen LogP contribution in [0.3, 0.4) is 0 Å². The molecule has 1 aromatic carbocycles. The first-order valence-electron chi connectivity index (χ1n) is 6.63. The quantitative estimate of drug-likeness (QED) is 0.702. The maximum absolute atomic E-state index is 8.69. The van der Waals surface area contributed by atoms with Crippen LogP contribution in [0.4, 0.5) is 0 Å². The highest BCUT2D eigenvalue weighted by atomic mass is 16.7. The predicted octanol–water partition coefficient (Wildman–Crippen LogP) is 1.68. The molecule has 0 bridgehead atoms. The Kier molecular flexibility index (Phi) is 5.30. The van der Waals surface area contributed by atoms with E-state index in [1.165, 1.54) is 0 Å². The molecule has 1 aromatic rings. The Balaban J connectivity index is 1.84. The fourth-order valence-electron chi connectivity index (χ4n) is 2.06. The fourth-order valence-corrected chi connectivity index (χ4v) is 2.06. The molecular formula is C14H21NO4. The molecule has 19 heavy (non-hydrogen) atoms. The first-order valence-corrected chi connectivity index (χ1v) is 6.63. The third-order valence-corrected chi connectivity index (χ3v) is 3.06. The van der Waals surface area contributed by atoms with Crippen LogP contribution in [0.5, 0.6) is 17.2 Å². The zero-order chi connectivity index (χ0) is 13.5. The van der Waals surface area contributed by atoms with Crippen LogP contribution >= 0.6 is 0 Å². The van der Waals surface area contributed by atoms with Gasteiger partial charge in [-0.3, -0.25) is 0 Å². The molecule has 0 saturated carbocycles. The SMILES string of the molecule is COc1cc(CNCCCCCO)cc2c1OCO2. The number of aliphatic hydroxyl groups is 1. The third-order valence-electron chi connectivity index (χ3n) is 3.06. The fraction of sp³-hybridized carbons (Fsp3) is 0.571. The van der Waals surface area contributed by atoms with E-state index in [0.717, 1.165) is 43.7 Å². The normalized spacial score (nSPS) is 12.7. The molecule has 5 heteroatoms. The summed E-state index contributed by atoms with van der Waals surface area (Å²) in [6.45, 7) is 2.24. The lowest BCUT2D eigenvalue weighted by Gasteiger charge is -2.09. The lowest BCUT2D eigenvalue weighted by molar-refractivity contribution is 0.171. The average molecular weight is 267 g/mol. The highest BCUT2D eigenvalue weighted by Gasteiger charge is 2.19. The summed E-state index contributed by atoms with van der Waals surface area (Å²) in [6, 6.07) is 3.94. The van der Waals surface area contributed by atoms with Crippen LogP contribution < -0.4 is 19.5 Å². The summed E-state index contributed by atoms with van der Waals surface area (Å²) in [5.74, 6) is 2.15. The number of hydrogen-bond donors (Lipinski definition) is 2. The molecule has 1 aliphatic rings. The molecule has 0 fully saturated rings. The van der Waals surface area contributed by atoms with Gasteiger partial charge in [-0.05, 0) is 43.5 Å². The number of nitrogens with one attached hydrogen (secondary N) is 1. The van der Waals surface area contributed by atoms with Gasteiger partial charge in [-0.2, -0.15) is 0 Å². The smallest absolute Gasteiger partial charge is 0.231 e. The van der Waals surface area contributed by atoms with Crippen molar-refractivity contribution in [3.63, 3.8) is 0 Å². The number of hydrogen-bond acceptors (Lipinski definition) is 5. The van der Waals surface area contributed by atoms with E-state index in [9.17, 15) is 0 Å². The van der Waals surface area contributed by atoms with Crippen molar-refractivity contribution in [3.8, 4) is 17.2 Å². The minimum atomic E-state index is 0.254. The molecule has 0 spiro atoms. The molecule has 0 aliphatic carbocycles. The average Bonchev–Trinajstić information content (AvgIpc) is 2.90. The Labute approximate surface area is 113 Å². The van der Waals surface area contributed by atoms with Gasteiger partial charge in [0.05, 0.1) is 7.11 Å². The van der Waals surface area contributed by atoms with Gasteiger partial charge in [0.2, 0.25) is 12.5 Å². The molecule has 2 rings (SSSR count).